The van der Waals surface area contributed by atoms with Gasteiger partial charge < -0.3 is 14.5 Å². The van der Waals surface area contributed by atoms with Crippen molar-refractivity contribution in [2.24, 2.45) is 0 Å². The topological polar surface area (TPSA) is 68.5 Å². The maximum atomic E-state index is 11.8. The second kappa shape index (κ2) is 7.28. The highest BCUT2D eigenvalue weighted by Crippen LogP contribution is 2.21. The van der Waals surface area contributed by atoms with E-state index < -0.39 is 11.9 Å². The molecule has 5 nitrogen and oxygen atoms in total. The van der Waals surface area contributed by atoms with E-state index in [2.05, 4.69) is 21.2 Å². The zero-order valence-corrected chi connectivity index (χ0v) is 13.1. The highest BCUT2D eigenvalue weighted by atomic mass is 79.9. The molecular formula is C14H11BrClNO4. The highest BCUT2D eigenvalue weighted by molar-refractivity contribution is 9.10. The molecule has 0 saturated heterocycles. The average Bonchev–Trinajstić information content (AvgIpc) is 2.98. The average molecular weight is 373 g/mol. The van der Waals surface area contributed by atoms with Crippen molar-refractivity contribution in [3.8, 4) is 0 Å². The van der Waals surface area contributed by atoms with Crippen LogP contribution in [0, 0.1) is 0 Å². The van der Waals surface area contributed by atoms with E-state index in [9.17, 15) is 9.59 Å². The van der Waals surface area contributed by atoms with Crippen molar-refractivity contribution in [3.63, 3.8) is 0 Å². The van der Waals surface area contributed by atoms with Gasteiger partial charge in [0.2, 0.25) is 0 Å². The maximum Gasteiger partial charge on any atom is 0.340 e. The van der Waals surface area contributed by atoms with Crippen LogP contribution in [-0.4, -0.2) is 18.5 Å². The van der Waals surface area contributed by atoms with Gasteiger partial charge in [-0.15, -0.1) is 0 Å². The minimum atomic E-state index is -0.658. The Hall–Kier alpha value is -1.79. The van der Waals surface area contributed by atoms with Crippen LogP contribution in [0.4, 0.5) is 0 Å². The van der Waals surface area contributed by atoms with Crippen molar-refractivity contribution in [3.05, 3.63) is 57.4 Å². The van der Waals surface area contributed by atoms with Gasteiger partial charge in [0.25, 0.3) is 5.91 Å². The smallest absolute Gasteiger partial charge is 0.340 e. The van der Waals surface area contributed by atoms with Gasteiger partial charge in [0.1, 0.15) is 5.76 Å². The molecule has 0 unspecified atom stereocenters. The lowest BCUT2D eigenvalue weighted by molar-refractivity contribution is -0.124. The molecule has 0 aliphatic carbocycles. The number of rotatable bonds is 5. The summed E-state index contributed by atoms with van der Waals surface area (Å²) in [5.74, 6) is -0.468. The number of amides is 1. The quantitative estimate of drug-likeness (QED) is 0.819. The van der Waals surface area contributed by atoms with E-state index in [1.165, 1.54) is 12.3 Å². The molecule has 1 amide bonds. The Kier molecular flexibility index (Phi) is 5.41. The molecule has 1 heterocycles. The van der Waals surface area contributed by atoms with Gasteiger partial charge in [0.15, 0.2) is 6.61 Å². The summed E-state index contributed by atoms with van der Waals surface area (Å²) >= 11 is 9.14. The molecule has 1 aromatic heterocycles. The molecule has 21 heavy (non-hydrogen) atoms. The molecule has 110 valence electrons. The molecule has 0 aliphatic heterocycles. The second-order valence-electron chi connectivity index (χ2n) is 4.06. The number of carbonyl (C=O) groups excluding carboxylic acids is 2. The van der Waals surface area contributed by atoms with Crippen molar-refractivity contribution >= 4 is 39.4 Å². The number of carbonyl (C=O) groups is 2. The van der Waals surface area contributed by atoms with E-state index >= 15 is 0 Å². The number of hydrogen-bond donors (Lipinski definition) is 1. The van der Waals surface area contributed by atoms with Crippen LogP contribution in [0.5, 0.6) is 0 Å². The molecule has 0 saturated carbocycles. The largest absolute Gasteiger partial charge is 0.467 e. The predicted octanol–water partition coefficient (Wildman–Crippen LogP) is 3.17. The zero-order chi connectivity index (χ0) is 15.2. The van der Waals surface area contributed by atoms with Crippen LogP contribution in [0.15, 0.2) is 45.5 Å². The molecule has 2 rings (SSSR count). The molecule has 0 spiro atoms. The van der Waals surface area contributed by atoms with Crippen LogP contribution >= 0.6 is 27.5 Å². The molecule has 0 fully saturated rings. The second-order valence-corrected chi connectivity index (χ2v) is 5.38. The van der Waals surface area contributed by atoms with Crippen LogP contribution in [0.2, 0.25) is 5.02 Å². The molecule has 0 radical (unpaired) electrons. The minimum Gasteiger partial charge on any atom is -0.467 e. The number of benzene rings is 1. The Bertz CT molecular complexity index is 642. The Morgan fingerprint density at radius 1 is 1.33 bits per heavy atom. The number of nitrogens with one attached hydrogen (secondary N) is 1. The summed E-state index contributed by atoms with van der Waals surface area (Å²) in [5, 5.41) is 2.83. The minimum absolute atomic E-state index is 0.199. The highest BCUT2D eigenvalue weighted by Gasteiger charge is 2.14. The first-order chi connectivity index (χ1) is 10.1. The van der Waals surface area contributed by atoms with Gasteiger partial charge in [0, 0.05) is 4.47 Å². The third-order valence-electron chi connectivity index (χ3n) is 2.52. The molecule has 2 aromatic rings. The summed E-state index contributed by atoms with van der Waals surface area (Å²) in [4.78, 5) is 23.4. The third-order valence-corrected chi connectivity index (χ3v) is 3.35. The number of furan rings is 1. The van der Waals surface area contributed by atoms with Gasteiger partial charge in [-0.2, -0.15) is 0 Å². The van der Waals surface area contributed by atoms with Gasteiger partial charge in [-0.1, -0.05) is 27.5 Å². The van der Waals surface area contributed by atoms with Crippen LogP contribution in [0.1, 0.15) is 16.1 Å². The van der Waals surface area contributed by atoms with Crippen molar-refractivity contribution < 1.29 is 18.7 Å². The molecule has 0 aliphatic rings. The lowest BCUT2D eigenvalue weighted by atomic mass is 10.2. The summed E-state index contributed by atoms with van der Waals surface area (Å²) in [7, 11) is 0. The first-order valence-electron chi connectivity index (χ1n) is 5.97. The fraction of sp³-hybridized carbons (Fsp3) is 0.143. The first kappa shape index (κ1) is 15.6. The van der Waals surface area contributed by atoms with Crippen molar-refractivity contribution in [1.29, 1.82) is 0 Å². The number of hydrogen-bond acceptors (Lipinski definition) is 4. The van der Waals surface area contributed by atoms with E-state index in [1.54, 1.807) is 24.3 Å². The van der Waals surface area contributed by atoms with Crippen molar-refractivity contribution in [2.75, 3.05) is 6.61 Å². The van der Waals surface area contributed by atoms with E-state index in [0.717, 1.165) is 0 Å². The van der Waals surface area contributed by atoms with Crippen LogP contribution in [0.25, 0.3) is 0 Å². The van der Waals surface area contributed by atoms with Crippen molar-refractivity contribution in [1.82, 2.24) is 5.32 Å². The van der Waals surface area contributed by atoms with E-state index in [1.807, 2.05) is 0 Å². The lowest BCUT2D eigenvalue weighted by Crippen LogP contribution is -2.28. The number of ether oxygens (including phenoxy) is 1. The van der Waals surface area contributed by atoms with E-state index in [4.69, 9.17) is 20.8 Å². The summed E-state index contributed by atoms with van der Waals surface area (Å²) in [6, 6.07) is 8.25. The Balaban J connectivity index is 1.83. The van der Waals surface area contributed by atoms with Crippen molar-refractivity contribution in [2.45, 2.75) is 6.54 Å². The summed E-state index contributed by atoms with van der Waals surface area (Å²) in [6.07, 6.45) is 1.51. The fourth-order valence-electron chi connectivity index (χ4n) is 1.51. The Labute approximate surface area is 134 Å². The zero-order valence-electron chi connectivity index (χ0n) is 10.8. The summed E-state index contributed by atoms with van der Waals surface area (Å²) < 4.78 is 10.7. The number of halogens is 2. The standard InChI is InChI=1S/C14H11BrClNO4/c15-9-3-4-12(16)11(6-9)14(19)21-8-13(18)17-7-10-2-1-5-20-10/h1-6H,7-8H2,(H,17,18). The van der Waals surface area contributed by atoms with Crippen LogP contribution in [0.3, 0.4) is 0 Å². The van der Waals surface area contributed by atoms with Gasteiger partial charge in [-0.25, -0.2) is 4.79 Å². The SMILES string of the molecule is O=C(COC(=O)c1cc(Br)ccc1Cl)NCc1ccco1. The van der Waals surface area contributed by atoms with Gasteiger partial charge in [-0.3, -0.25) is 4.79 Å². The fourth-order valence-corrected chi connectivity index (χ4v) is 2.07. The molecule has 1 N–H and O–H groups in total. The molecule has 0 bridgehead atoms. The monoisotopic (exact) mass is 371 g/mol. The molecule has 1 aromatic carbocycles. The normalized spacial score (nSPS) is 10.2. The van der Waals surface area contributed by atoms with E-state index in [-0.39, 0.29) is 23.7 Å². The van der Waals surface area contributed by atoms with Gasteiger partial charge >= 0.3 is 5.97 Å². The van der Waals surface area contributed by atoms with Crippen LogP contribution in [-0.2, 0) is 16.1 Å². The lowest BCUT2D eigenvalue weighted by Gasteiger charge is -2.07. The van der Waals surface area contributed by atoms with E-state index in [0.29, 0.717) is 10.2 Å². The van der Waals surface area contributed by atoms with Crippen LogP contribution < -0.4 is 5.32 Å². The first-order valence-corrected chi connectivity index (χ1v) is 7.14. The summed E-state index contributed by atoms with van der Waals surface area (Å²) in [6.45, 7) is -0.149. The third kappa shape index (κ3) is 4.61. The summed E-state index contributed by atoms with van der Waals surface area (Å²) in [5.41, 5.74) is 0.199. The molecule has 0 atom stereocenters. The number of esters is 1. The predicted molar refractivity (Wildman–Crippen MR) is 80.0 cm³/mol. The van der Waals surface area contributed by atoms with Gasteiger partial charge in [0.05, 0.1) is 23.4 Å². The maximum absolute atomic E-state index is 11.8. The molecule has 7 heteroatoms. The van der Waals surface area contributed by atoms with Gasteiger partial charge in [-0.05, 0) is 30.3 Å². The Morgan fingerprint density at radius 3 is 2.86 bits per heavy atom. The molecular weight excluding hydrogens is 362 g/mol. The Morgan fingerprint density at radius 2 is 2.14 bits per heavy atom.